The van der Waals surface area contributed by atoms with Crippen LogP contribution in [0.1, 0.15) is 26.4 Å². The molecule has 0 saturated heterocycles. The molecular formula is C22H13F8N3O4. The highest BCUT2D eigenvalue weighted by molar-refractivity contribution is 6.06. The summed E-state index contributed by atoms with van der Waals surface area (Å²) in [5.41, 5.74) is 2.32. The Labute approximate surface area is 201 Å². The molecule has 0 spiro atoms. The fourth-order valence-electron chi connectivity index (χ4n) is 2.83. The molecule has 2 amide bonds. The minimum Gasteiger partial charge on any atom is -0.457 e. The third-order valence-electron chi connectivity index (χ3n) is 4.50. The Morgan fingerprint density at radius 1 is 0.838 bits per heavy atom. The number of ether oxygens (including phenoxy) is 2. The highest BCUT2D eigenvalue weighted by Crippen LogP contribution is 2.45. The van der Waals surface area contributed by atoms with E-state index in [9.17, 15) is 44.7 Å². The zero-order valence-corrected chi connectivity index (χ0v) is 18.0. The number of nitrogens with two attached hydrogens (primary N) is 1. The van der Waals surface area contributed by atoms with Gasteiger partial charge in [0.15, 0.2) is 0 Å². The first-order valence-electron chi connectivity index (χ1n) is 9.77. The topological polar surface area (TPSA) is 104 Å². The van der Waals surface area contributed by atoms with E-state index in [1.54, 1.807) is 0 Å². The molecule has 0 aliphatic heterocycles. The molecule has 0 unspecified atom stereocenters. The van der Waals surface area contributed by atoms with E-state index in [1.165, 1.54) is 6.07 Å². The molecule has 0 saturated carbocycles. The maximum absolute atomic E-state index is 14.0. The second-order valence-electron chi connectivity index (χ2n) is 7.15. The fourth-order valence-corrected chi connectivity index (χ4v) is 2.83. The number of nitrogens with one attached hydrogen (secondary N) is 1. The Kier molecular flexibility index (Phi) is 7.27. The van der Waals surface area contributed by atoms with Gasteiger partial charge in [0.25, 0.3) is 11.8 Å². The molecule has 0 radical (unpaired) electrons. The predicted octanol–water partition coefficient (Wildman–Crippen LogP) is 5.78. The number of halogens is 8. The number of pyridine rings is 1. The minimum atomic E-state index is -5.99. The van der Waals surface area contributed by atoms with Crippen LogP contribution < -0.4 is 20.5 Å². The zero-order valence-electron chi connectivity index (χ0n) is 18.0. The van der Waals surface area contributed by atoms with Gasteiger partial charge in [-0.05, 0) is 54.6 Å². The van der Waals surface area contributed by atoms with E-state index in [0.717, 1.165) is 36.5 Å². The van der Waals surface area contributed by atoms with Gasteiger partial charge >= 0.3 is 18.5 Å². The summed E-state index contributed by atoms with van der Waals surface area (Å²) in [4.78, 5) is 27.8. The Morgan fingerprint density at radius 3 is 2.03 bits per heavy atom. The maximum Gasteiger partial charge on any atom is 0.573 e. The molecule has 3 rings (SSSR count). The Hall–Kier alpha value is -4.43. The summed E-state index contributed by atoms with van der Waals surface area (Å²) in [6.45, 7) is 0. The normalized spacial score (nSPS) is 12.1. The van der Waals surface area contributed by atoms with E-state index in [2.05, 4.69) is 15.0 Å². The average Bonchev–Trinajstić information content (AvgIpc) is 2.79. The fraction of sp³-hybridized carbons (Fsp3) is 0.136. The predicted molar refractivity (Wildman–Crippen MR) is 110 cm³/mol. The number of hydrogen-bond acceptors (Lipinski definition) is 5. The smallest absolute Gasteiger partial charge is 0.457 e. The molecule has 0 aliphatic rings. The van der Waals surface area contributed by atoms with Gasteiger partial charge in [-0.2, -0.15) is 22.0 Å². The van der Waals surface area contributed by atoms with Crippen LogP contribution in [0.5, 0.6) is 17.2 Å². The van der Waals surface area contributed by atoms with Crippen molar-refractivity contribution in [1.82, 2.24) is 4.98 Å². The molecule has 3 aromatic rings. The number of benzene rings is 2. The first-order valence-corrected chi connectivity index (χ1v) is 9.77. The maximum atomic E-state index is 14.0. The second-order valence-corrected chi connectivity index (χ2v) is 7.15. The van der Waals surface area contributed by atoms with Crippen LogP contribution in [0.15, 0.2) is 60.8 Å². The number of aromatic nitrogens is 1. The van der Waals surface area contributed by atoms with Crippen LogP contribution in [0.4, 0.5) is 40.8 Å². The Balaban J connectivity index is 1.99. The molecule has 0 fully saturated rings. The van der Waals surface area contributed by atoms with E-state index in [-0.39, 0.29) is 23.2 Å². The molecule has 0 atom stereocenters. The zero-order chi connectivity index (χ0) is 27.6. The number of nitrogens with zero attached hydrogens (tertiary/aromatic N) is 1. The van der Waals surface area contributed by atoms with E-state index in [0.29, 0.717) is 12.1 Å². The molecule has 1 aromatic heterocycles. The van der Waals surface area contributed by atoms with Gasteiger partial charge in [-0.1, -0.05) is 0 Å². The molecule has 3 N–H and O–H groups in total. The van der Waals surface area contributed by atoms with Crippen molar-refractivity contribution >= 4 is 17.5 Å². The van der Waals surface area contributed by atoms with Crippen molar-refractivity contribution in [1.29, 1.82) is 0 Å². The molecule has 1 heterocycles. The van der Waals surface area contributed by atoms with Crippen molar-refractivity contribution in [3.63, 3.8) is 0 Å². The van der Waals surface area contributed by atoms with E-state index >= 15 is 0 Å². The van der Waals surface area contributed by atoms with Crippen LogP contribution in [-0.4, -0.2) is 29.3 Å². The summed E-state index contributed by atoms with van der Waals surface area (Å²) in [5.74, 6) is -8.89. The van der Waals surface area contributed by atoms with Crippen molar-refractivity contribution in [3.05, 3.63) is 77.6 Å². The summed E-state index contributed by atoms with van der Waals surface area (Å²) >= 11 is 0. The van der Waals surface area contributed by atoms with Crippen molar-refractivity contribution in [3.8, 4) is 17.2 Å². The lowest BCUT2D eigenvalue weighted by Gasteiger charge is -2.21. The molecule has 2 aromatic carbocycles. The van der Waals surface area contributed by atoms with Crippen LogP contribution in [0.2, 0.25) is 0 Å². The molecule has 196 valence electrons. The third-order valence-corrected chi connectivity index (χ3v) is 4.50. The van der Waals surface area contributed by atoms with Gasteiger partial charge < -0.3 is 20.5 Å². The van der Waals surface area contributed by atoms with Crippen LogP contribution in [-0.2, 0) is 5.92 Å². The number of amides is 2. The molecule has 7 nitrogen and oxygen atoms in total. The van der Waals surface area contributed by atoms with Gasteiger partial charge in [0, 0.05) is 17.4 Å². The van der Waals surface area contributed by atoms with Gasteiger partial charge in [-0.3, -0.25) is 14.6 Å². The lowest BCUT2D eigenvalue weighted by atomic mass is 10.0. The van der Waals surface area contributed by atoms with E-state index in [4.69, 9.17) is 10.5 Å². The van der Waals surface area contributed by atoms with Gasteiger partial charge in [0.2, 0.25) is 0 Å². The summed E-state index contributed by atoms with van der Waals surface area (Å²) in [6.07, 6.45) is -9.89. The number of rotatable bonds is 7. The summed E-state index contributed by atoms with van der Waals surface area (Å²) in [7, 11) is 0. The van der Waals surface area contributed by atoms with Gasteiger partial charge in [0.05, 0.1) is 5.56 Å². The van der Waals surface area contributed by atoms with Gasteiger partial charge in [-0.25, -0.2) is 0 Å². The lowest BCUT2D eigenvalue weighted by Crippen LogP contribution is -2.34. The summed E-state index contributed by atoms with van der Waals surface area (Å²) in [6, 6.07) is 7.12. The molecule has 0 bridgehead atoms. The van der Waals surface area contributed by atoms with Crippen molar-refractivity contribution < 1.29 is 54.2 Å². The highest BCUT2D eigenvalue weighted by atomic mass is 19.4. The minimum absolute atomic E-state index is 0.110. The van der Waals surface area contributed by atoms with Crippen LogP contribution in [0, 0.1) is 0 Å². The van der Waals surface area contributed by atoms with E-state index < -0.39 is 52.9 Å². The Bertz CT molecular complexity index is 1310. The van der Waals surface area contributed by atoms with E-state index in [1.807, 2.05) is 0 Å². The monoisotopic (exact) mass is 535 g/mol. The molecular weight excluding hydrogens is 522 g/mol. The van der Waals surface area contributed by atoms with Crippen LogP contribution in [0.3, 0.4) is 0 Å². The van der Waals surface area contributed by atoms with Crippen molar-refractivity contribution in [2.45, 2.75) is 18.5 Å². The average molecular weight is 535 g/mol. The molecule has 15 heteroatoms. The van der Waals surface area contributed by atoms with Crippen LogP contribution in [0.25, 0.3) is 0 Å². The number of hydrogen-bond donors (Lipinski definition) is 2. The first kappa shape index (κ1) is 27.2. The molecule has 0 aliphatic carbocycles. The Morgan fingerprint density at radius 2 is 1.46 bits per heavy atom. The largest absolute Gasteiger partial charge is 0.573 e. The van der Waals surface area contributed by atoms with Crippen molar-refractivity contribution in [2.24, 2.45) is 5.73 Å². The number of carbonyl (C=O) groups excluding carboxylic acids is 2. The highest BCUT2D eigenvalue weighted by Gasteiger charge is 2.58. The quantitative estimate of drug-likeness (QED) is 0.374. The summed E-state index contributed by atoms with van der Waals surface area (Å²) < 4.78 is 113. The van der Waals surface area contributed by atoms with Gasteiger partial charge in [0.1, 0.15) is 22.9 Å². The third kappa shape index (κ3) is 6.62. The summed E-state index contributed by atoms with van der Waals surface area (Å²) in [5, 5.41) is 2.19. The standard InChI is InChI=1S/C22H13F8N3O4/c23-20(24,21(25,26)27)11-1-6-17(36-13-2-4-14(5-3-13)37-22(28,29)30)15(9-11)19(35)33-12-7-8-32-16(10-12)18(31)34/h1-10H,(H2,31,34)(H,32,33,35). The number of anilines is 1. The number of alkyl halides is 8. The van der Waals surface area contributed by atoms with Gasteiger partial charge in [-0.15, -0.1) is 13.2 Å². The van der Waals surface area contributed by atoms with Crippen molar-refractivity contribution in [2.75, 3.05) is 5.32 Å². The first-order chi connectivity index (χ1) is 17.1. The molecule has 37 heavy (non-hydrogen) atoms. The van der Waals surface area contributed by atoms with Crippen LogP contribution >= 0.6 is 0 Å². The number of primary amides is 1. The lowest BCUT2D eigenvalue weighted by molar-refractivity contribution is -0.289. The number of carbonyl (C=O) groups is 2. The second kappa shape index (κ2) is 9.91. The SMILES string of the molecule is NC(=O)c1cc(NC(=O)c2cc(C(F)(F)C(F)(F)F)ccc2Oc2ccc(OC(F)(F)F)cc2)ccn1.